The first kappa shape index (κ1) is 20.4. The Bertz CT molecular complexity index is 638. The molecule has 0 saturated heterocycles. The zero-order valence-corrected chi connectivity index (χ0v) is 16.9. The molecule has 0 bridgehead atoms. The molecule has 0 saturated carbocycles. The molecule has 0 amide bonds. The van der Waals surface area contributed by atoms with Crippen LogP contribution in [-0.4, -0.2) is 30.8 Å². The van der Waals surface area contributed by atoms with E-state index < -0.39 is 5.41 Å². The lowest BCUT2D eigenvalue weighted by molar-refractivity contribution is -0.124. The number of nitrogens with zero attached hydrogens (tertiary/aromatic N) is 1. The molecule has 2 heteroatoms. The summed E-state index contributed by atoms with van der Waals surface area (Å²) in [6, 6.07) is 21.0. The van der Waals surface area contributed by atoms with Gasteiger partial charge in [0.2, 0.25) is 0 Å². The Balaban J connectivity index is 2.64. The minimum atomic E-state index is -0.602. The van der Waals surface area contributed by atoms with E-state index in [1.807, 2.05) is 36.4 Å². The molecule has 0 aromatic heterocycles. The number of carbonyl (C=O) groups excluding carboxylic acids is 1. The highest BCUT2D eigenvalue weighted by Gasteiger charge is 2.42. The van der Waals surface area contributed by atoms with Gasteiger partial charge in [-0.1, -0.05) is 80.9 Å². The van der Waals surface area contributed by atoms with Crippen LogP contribution in [0.1, 0.15) is 51.2 Å². The number of Topliss-reactive ketones (excluding diaryl/α,β-unsaturated/α-hetero) is 1. The van der Waals surface area contributed by atoms with Crippen molar-refractivity contribution in [3.8, 4) is 0 Å². The van der Waals surface area contributed by atoms with Gasteiger partial charge in [-0.2, -0.15) is 0 Å². The third-order valence-electron chi connectivity index (χ3n) is 5.72. The fourth-order valence-corrected chi connectivity index (χ4v) is 3.54. The van der Waals surface area contributed by atoms with Gasteiger partial charge in [-0.15, -0.1) is 0 Å². The molecule has 2 aromatic rings. The van der Waals surface area contributed by atoms with Crippen molar-refractivity contribution >= 4 is 5.78 Å². The summed E-state index contributed by atoms with van der Waals surface area (Å²) in [5.74, 6) is 0.724. The number of benzene rings is 2. The average molecular weight is 352 g/mol. The van der Waals surface area contributed by atoms with Crippen molar-refractivity contribution in [1.29, 1.82) is 0 Å². The predicted octanol–water partition coefficient (Wildman–Crippen LogP) is 5.32. The summed E-state index contributed by atoms with van der Waals surface area (Å²) in [5.41, 5.74) is 1.61. The van der Waals surface area contributed by atoms with Crippen LogP contribution in [0.25, 0.3) is 0 Å². The van der Waals surface area contributed by atoms with Crippen LogP contribution in [-0.2, 0) is 10.2 Å². The van der Waals surface area contributed by atoms with E-state index in [2.05, 4.69) is 64.0 Å². The van der Waals surface area contributed by atoms with Crippen molar-refractivity contribution in [3.05, 3.63) is 71.8 Å². The van der Waals surface area contributed by atoms with Gasteiger partial charge in [0, 0.05) is 12.5 Å². The maximum absolute atomic E-state index is 13.8. The van der Waals surface area contributed by atoms with Crippen LogP contribution in [0.4, 0.5) is 0 Å². The SMILES string of the molecule is CC[C@@H](C)CC(=O)C(C[C@@H](C)N(C)C)(c1ccccc1)c1ccccc1. The van der Waals surface area contributed by atoms with Crippen molar-refractivity contribution in [2.45, 2.75) is 51.5 Å². The zero-order chi connectivity index (χ0) is 19.2. The maximum Gasteiger partial charge on any atom is 0.148 e. The third kappa shape index (κ3) is 4.42. The Labute approximate surface area is 159 Å². The van der Waals surface area contributed by atoms with Gasteiger partial charge in [0.1, 0.15) is 5.78 Å². The van der Waals surface area contributed by atoms with E-state index in [1.54, 1.807) is 0 Å². The first-order chi connectivity index (χ1) is 12.4. The molecule has 0 heterocycles. The van der Waals surface area contributed by atoms with Gasteiger partial charge in [-0.3, -0.25) is 4.79 Å². The average Bonchev–Trinajstić information content (AvgIpc) is 2.66. The van der Waals surface area contributed by atoms with Crippen molar-refractivity contribution in [2.24, 2.45) is 5.92 Å². The van der Waals surface area contributed by atoms with Crippen LogP contribution in [0.2, 0.25) is 0 Å². The predicted molar refractivity (Wildman–Crippen MR) is 111 cm³/mol. The Morgan fingerprint density at radius 3 is 1.77 bits per heavy atom. The third-order valence-corrected chi connectivity index (χ3v) is 5.72. The molecule has 2 nitrogen and oxygen atoms in total. The molecular weight excluding hydrogens is 318 g/mol. The molecule has 0 spiro atoms. The molecule has 0 N–H and O–H groups in total. The summed E-state index contributed by atoms with van der Waals surface area (Å²) in [7, 11) is 4.18. The molecule has 0 radical (unpaired) electrons. The van der Waals surface area contributed by atoms with Gasteiger partial charge >= 0.3 is 0 Å². The van der Waals surface area contributed by atoms with E-state index in [4.69, 9.17) is 0 Å². The molecule has 26 heavy (non-hydrogen) atoms. The van der Waals surface area contributed by atoms with Crippen molar-refractivity contribution in [2.75, 3.05) is 14.1 Å². The van der Waals surface area contributed by atoms with E-state index in [-0.39, 0.29) is 6.04 Å². The Kier molecular flexibility index (Phi) is 7.16. The number of rotatable bonds is 9. The number of ketones is 1. The summed E-state index contributed by atoms with van der Waals surface area (Å²) in [6.07, 6.45) is 2.42. The van der Waals surface area contributed by atoms with Crippen LogP contribution < -0.4 is 0 Å². The number of hydrogen-bond donors (Lipinski definition) is 0. The second-order valence-electron chi connectivity index (χ2n) is 7.79. The van der Waals surface area contributed by atoms with E-state index in [0.29, 0.717) is 18.1 Å². The van der Waals surface area contributed by atoms with Crippen LogP contribution in [0.15, 0.2) is 60.7 Å². The zero-order valence-electron chi connectivity index (χ0n) is 16.9. The highest BCUT2D eigenvalue weighted by atomic mass is 16.1. The lowest BCUT2D eigenvalue weighted by Crippen LogP contribution is -2.43. The van der Waals surface area contributed by atoms with E-state index in [1.165, 1.54) is 0 Å². The monoisotopic (exact) mass is 351 g/mol. The highest BCUT2D eigenvalue weighted by molar-refractivity contribution is 5.94. The molecule has 0 aliphatic rings. The largest absolute Gasteiger partial charge is 0.307 e. The van der Waals surface area contributed by atoms with E-state index in [0.717, 1.165) is 24.0 Å². The fraction of sp³-hybridized carbons (Fsp3) is 0.458. The van der Waals surface area contributed by atoms with Gasteiger partial charge in [0.25, 0.3) is 0 Å². The smallest absolute Gasteiger partial charge is 0.148 e. The Hall–Kier alpha value is -1.93. The van der Waals surface area contributed by atoms with Gasteiger partial charge < -0.3 is 4.90 Å². The van der Waals surface area contributed by atoms with Crippen molar-refractivity contribution in [1.82, 2.24) is 4.90 Å². The quantitative estimate of drug-likeness (QED) is 0.609. The fourth-order valence-electron chi connectivity index (χ4n) is 3.54. The van der Waals surface area contributed by atoms with Crippen molar-refractivity contribution in [3.63, 3.8) is 0 Å². The van der Waals surface area contributed by atoms with Crippen LogP contribution >= 0.6 is 0 Å². The normalized spacial score (nSPS) is 14.2. The van der Waals surface area contributed by atoms with Crippen molar-refractivity contribution < 1.29 is 4.79 Å². The maximum atomic E-state index is 13.8. The van der Waals surface area contributed by atoms with E-state index >= 15 is 0 Å². The Morgan fingerprint density at radius 2 is 1.38 bits per heavy atom. The van der Waals surface area contributed by atoms with Gasteiger partial charge in [0.05, 0.1) is 5.41 Å². The molecule has 0 unspecified atom stereocenters. The standard InChI is InChI=1S/C24H33NO/c1-6-19(2)17-23(26)24(18-20(3)25(4)5,21-13-9-7-10-14-21)22-15-11-8-12-16-22/h7-16,19-20H,6,17-18H2,1-5H3/t19-,20-/m1/s1. The van der Waals surface area contributed by atoms with E-state index in [9.17, 15) is 4.79 Å². The van der Waals surface area contributed by atoms with Crippen LogP contribution in [0, 0.1) is 5.92 Å². The summed E-state index contributed by atoms with van der Waals surface area (Å²) in [4.78, 5) is 16.0. The lowest BCUT2D eigenvalue weighted by Gasteiger charge is -2.38. The molecule has 0 aliphatic carbocycles. The minimum absolute atomic E-state index is 0.288. The highest BCUT2D eigenvalue weighted by Crippen LogP contribution is 2.40. The second-order valence-corrected chi connectivity index (χ2v) is 7.79. The molecule has 2 aromatic carbocycles. The first-order valence-corrected chi connectivity index (χ1v) is 9.72. The first-order valence-electron chi connectivity index (χ1n) is 9.72. The van der Waals surface area contributed by atoms with Gasteiger partial charge in [0.15, 0.2) is 0 Å². The Morgan fingerprint density at radius 1 is 0.923 bits per heavy atom. The molecule has 0 fully saturated rings. The topological polar surface area (TPSA) is 20.3 Å². The lowest BCUT2D eigenvalue weighted by atomic mass is 9.66. The number of carbonyl (C=O) groups is 1. The molecule has 2 atom stereocenters. The molecule has 0 aliphatic heterocycles. The summed E-state index contributed by atoms with van der Waals surface area (Å²) < 4.78 is 0. The number of hydrogen-bond acceptors (Lipinski definition) is 2. The molecule has 2 rings (SSSR count). The summed E-state index contributed by atoms with van der Waals surface area (Å²) in [5, 5.41) is 0. The minimum Gasteiger partial charge on any atom is -0.307 e. The summed E-state index contributed by atoms with van der Waals surface area (Å²) in [6.45, 7) is 6.54. The second kappa shape index (κ2) is 9.14. The van der Waals surface area contributed by atoms with Gasteiger partial charge in [-0.05, 0) is 44.5 Å². The molecule has 140 valence electrons. The van der Waals surface area contributed by atoms with Crippen LogP contribution in [0.5, 0.6) is 0 Å². The molecular formula is C24H33NO. The van der Waals surface area contributed by atoms with Gasteiger partial charge in [-0.25, -0.2) is 0 Å². The summed E-state index contributed by atoms with van der Waals surface area (Å²) >= 11 is 0. The van der Waals surface area contributed by atoms with Crippen LogP contribution in [0.3, 0.4) is 0 Å².